The first kappa shape index (κ1) is 29.1. The molecule has 1 aliphatic carbocycles. The topological polar surface area (TPSA) is 162 Å². The van der Waals surface area contributed by atoms with Crippen molar-refractivity contribution >= 4 is 53.2 Å². The quantitative estimate of drug-likeness (QED) is 0.343. The Labute approximate surface area is 225 Å². The van der Waals surface area contributed by atoms with E-state index in [2.05, 4.69) is 16.0 Å². The minimum atomic E-state index is -1.23. The third kappa shape index (κ3) is 6.50. The fourth-order valence-electron chi connectivity index (χ4n) is 5.19. The molecule has 2 aliphatic rings. The summed E-state index contributed by atoms with van der Waals surface area (Å²) in [6.07, 6.45) is 1.85. The van der Waals surface area contributed by atoms with Gasteiger partial charge in [-0.05, 0) is 48.8 Å². The maximum absolute atomic E-state index is 13.9. The highest BCUT2D eigenvalue weighted by molar-refractivity contribution is 6.34. The van der Waals surface area contributed by atoms with Crippen molar-refractivity contribution in [2.45, 2.75) is 77.5 Å². The van der Waals surface area contributed by atoms with E-state index in [-0.39, 0.29) is 28.5 Å². The number of piperidine rings is 1. The second-order valence-corrected chi connectivity index (χ2v) is 11.3. The van der Waals surface area contributed by atoms with Gasteiger partial charge in [-0.1, -0.05) is 32.4 Å². The first-order valence-electron chi connectivity index (χ1n) is 12.4. The minimum Gasteiger partial charge on any atom is -0.481 e. The molecule has 1 saturated carbocycles. The number of halogens is 1. The molecule has 4 amide bonds. The average Bonchev–Trinajstić information content (AvgIpc) is 3.43. The number of aliphatic carboxylic acids is 1. The number of carboxylic acid groups (broad SMARTS) is 1. The van der Waals surface area contributed by atoms with Crippen LogP contribution in [0.25, 0.3) is 0 Å². The fourth-order valence-corrected chi connectivity index (χ4v) is 5.42. The molecule has 0 unspecified atom stereocenters. The van der Waals surface area contributed by atoms with E-state index in [1.807, 2.05) is 0 Å². The number of anilines is 1. The highest BCUT2D eigenvalue weighted by Crippen LogP contribution is 2.43. The van der Waals surface area contributed by atoms with E-state index in [0.29, 0.717) is 24.8 Å². The first-order valence-corrected chi connectivity index (χ1v) is 12.8. The summed E-state index contributed by atoms with van der Waals surface area (Å²) in [4.78, 5) is 75.5. The van der Waals surface area contributed by atoms with Gasteiger partial charge in [-0.25, -0.2) is 0 Å². The molecule has 3 rings (SSSR count). The Morgan fingerprint density at radius 3 is 2.39 bits per heavy atom. The molecule has 0 radical (unpaired) electrons. The van der Waals surface area contributed by atoms with Crippen molar-refractivity contribution in [2.75, 3.05) is 5.32 Å². The summed E-state index contributed by atoms with van der Waals surface area (Å²) >= 11 is 6.22. The number of nitrogens with zero attached hydrogens (tertiary/aromatic N) is 1. The van der Waals surface area contributed by atoms with Crippen LogP contribution in [-0.2, 0) is 24.0 Å². The van der Waals surface area contributed by atoms with Crippen molar-refractivity contribution in [1.29, 1.82) is 0 Å². The lowest BCUT2D eigenvalue weighted by atomic mass is 9.84. The van der Waals surface area contributed by atoms with E-state index < -0.39 is 53.7 Å². The number of amides is 4. The Balaban J connectivity index is 1.83. The van der Waals surface area contributed by atoms with Gasteiger partial charge < -0.3 is 30.8 Å². The van der Waals surface area contributed by atoms with Gasteiger partial charge in [0.15, 0.2) is 0 Å². The van der Waals surface area contributed by atoms with Gasteiger partial charge in [0.25, 0.3) is 5.91 Å². The molecule has 2 bridgehead atoms. The predicted molar refractivity (Wildman–Crippen MR) is 138 cm³/mol. The molecule has 1 aromatic carbocycles. The highest BCUT2D eigenvalue weighted by atomic mass is 35.5. The molecule has 0 aromatic heterocycles. The number of nitrogens with one attached hydrogen (secondary N) is 3. The van der Waals surface area contributed by atoms with Crippen LogP contribution in [0.5, 0.6) is 0 Å². The van der Waals surface area contributed by atoms with Crippen molar-refractivity contribution in [3.63, 3.8) is 0 Å². The third-order valence-electron chi connectivity index (χ3n) is 6.93. The summed E-state index contributed by atoms with van der Waals surface area (Å²) < 4.78 is 0. The van der Waals surface area contributed by atoms with E-state index in [1.54, 1.807) is 20.8 Å². The van der Waals surface area contributed by atoms with Crippen LogP contribution in [0, 0.1) is 11.3 Å². The molecular weight excluding hydrogens is 516 g/mol. The van der Waals surface area contributed by atoms with Gasteiger partial charge >= 0.3 is 5.97 Å². The van der Waals surface area contributed by atoms with Gasteiger partial charge in [0.1, 0.15) is 18.4 Å². The number of benzene rings is 1. The van der Waals surface area contributed by atoms with E-state index in [9.17, 15) is 28.8 Å². The average molecular weight is 549 g/mol. The number of carbonyl (C=O) groups is 6. The molecule has 4 N–H and O–H groups in total. The van der Waals surface area contributed by atoms with Gasteiger partial charge in [0, 0.05) is 18.5 Å². The lowest BCUT2D eigenvalue weighted by Gasteiger charge is -2.40. The molecule has 206 valence electrons. The lowest BCUT2D eigenvalue weighted by molar-refractivity contribution is -0.147. The molecule has 1 aromatic rings. The van der Waals surface area contributed by atoms with Gasteiger partial charge in [-0.15, -0.1) is 0 Å². The van der Waals surface area contributed by atoms with E-state index in [1.165, 1.54) is 30.0 Å². The van der Waals surface area contributed by atoms with Crippen molar-refractivity contribution in [1.82, 2.24) is 15.5 Å². The normalized spacial score (nSPS) is 21.8. The second kappa shape index (κ2) is 11.5. The predicted octanol–water partition coefficient (Wildman–Crippen LogP) is 1.98. The Morgan fingerprint density at radius 1 is 1.16 bits per heavy atom. The summed E-state index contributed by atoms with van der Waals surface area (Å²) in [5.41, 5.74) is -0.201. The Morgan fingerprint density at radius 2 is 1.84 bits per heavy atom. The van der Waals surface area contributed by atoms with E-state index in [0.717, 1.165) is 6.42 Å². The van der Waals surface area contributed by atoms with Gasteiger partial charge in [0.05, 0.1) is 23.2 Å². The second-order valence-electron chi connectivity index (χ2n) is 10.9. The van der Waals surface area contributed by atoms with Crippen LogP contribution in [0.2, 0.25) is 5.02 Å². The van der Waals surface area contributed by atoms with Crippen LogP contribution in [-0.4, -0.2) is 70.1 Å². The Kier molecular flexibility index (Phi) is 8.81. The highest BCUT2D eigenvalue weighted by Gasteiger charge is 2.53. The third-order valence-corrected chi connectivity index (χ3v) is 7.24. The lowest BCUT2D eigenvalue weighted by Crippen LogP contribution is -2.61. The number of likely N-dealkylation sites (tertiary alicyclic amines) is 1. The van der Waals surface area contributed by atoms with Crippen LogP contribution < -0.4 is 16.0 Å². The zero-order chi connectivity index (χ0) is 28.4. The molecule has 1 heterocycles. The standard InChI is InChI=1S/C26H33ClN4O7/c1-13(33)28-19-8-6-15(10-18(19)27)23(36)30-22(26(2,3)4)25(38)31-17-7-5-14(9-17)21(31)24(37)29-16(12-32)11-20(34)35/h6,8,10,12,14,16-17,21-22H,5,7,9,11H2,1-4H3,(H,28,33)(H,29,37)(H,30,36)(H,34,35)/t14-,16-,17-,21-,22+/m0/s1. The van der Waals surface area contributed by atoms with Crippen molar-refractivity contribution in [3.8, 4) is 0 Å². The van der Waals surface area contributed by atoms with Gasteiger partial charge in [-0.3, -0.25) is 24.0 Å². The summed E-state index contributed by atoms with van der Waals surface area (Å²) in [5.74, 6) is -3.24. The smallest absolute Gasteiger partial charge is 0.305 e. The molecule has 11 nitrogen and oxygen atoms in total. The Bertz CT molecular complexity index is 1150. The number of carboxylic acids is 1. The van der Waals surface area contributed by atoms with Gasteiger partial charge in [0.2, 0.25) is 17.7 Å². The number of carbonyl (C=O) groups excluding carboxylic acids is 5. The van der Waals surface area contributed by atoms with Crippen LogP contribution in [0.4, 0.5) is 5.69 Å². The fraction of sp³-hybridized carbons (Fsp3) is 0.538. The van der Waals surface area contributed by atoms with E-state index >= 15 is 0 Å². The molecular formula is C26H33ClN4O7. The number of fused-ring (bicyclic) bond motifs is 2. The summed E-state index contributed by atoms with van der Waals surface area (Å²) in [7, 11) is 0. The minimum absolute atomic E-state index is 0.127. The molecule has 2 fully saturated rings. The number of hydrogen-bond acceptors (Lipinski definition) is 6. The molecule has 5 atom stereocenters. The molecule has 1 saturated heterocycles. The van der Waals surface area contributed by atoms with Crippen LogP contribution in [0.1, 0.15) is 63.7 Å². The maximum Gasteiger partial charge on any atom is 0.305 e. The maximum atomic E-state index is 13.9. The molecule has 38 heavy (non-hydrogen) atoms. The summed E-state index contributed by atoms with van der Waals surface area (Å²) in [6.45, 7) is 6.71. The molecule has 12 heteroatoms. The first-order chi connectivity index (χ1) is 17.7. The molecule has 1 aliphatic heterocycles. The summed E-state index contributed by atoms with van der Waals surface area (Å²) in [6, 6.07) is 1.08. The van der Waals surface area contributed by atoms with E-state index in [4.69, 9.17) is 16.7 Å². The summed E-state index contributed by atoms with van der Waals surface area (Å²) in [5, 5.41) is 17.0. The van der Waals surface area contributed by atoms with Crippen LogP contribution in [0.15, 0.2) is 18.2 Å². The number of aldehydes is 1. The zero-order valence-electron chi connectivity index (χ0n) is 21.7. The van der Waals surface area contributed by atoms with Crippen LogP contribution >= 0.6 is 11.6 Å². The van der Waals surface area contributed by atoms with Crippen molar-refractivity contribution in [2.24, 2.45) is 11.3 Å². The van der Waals surface area contributed by atoms with Crippen molar-refractivity contribution < 1.29 is 33.9 Å². The number of hydrogen-bond donors (Lipinski definition) is 4. The Hall–Kier alpha value is -3.47. The van der Waals surface area contributed by atoms with Crippen LogP contribution in [0.3, 0.4) is 0 Å². The van der Waals surface area contributed by atoms with Crippen molar-refractivity contribution in [3.05, 3.63) is 28.8 Å². The van der Waals surface area contributed by atoms with Gasteiger partial charge in [-0.2, -0.15) is 0 Å². The number of rotatable bonds is 9. The monoisotopic (exact) mass is 548 g/mol. The SMILES string of the molecule is CC(=O)Nc1ccc(C(=O)N[C@H](C(=O)N2[C@H]3CC[C@@H](C3)[C@H]2C(=O)N[C@H](C=O)CC(=O)O)C(C)(C)C)cc1Cl. The molecule has 0 spiro atoms. The largest absolute Gasteiger partial charge is 0.481 e. The zero-order valence-corrected chi connectivity index (χ0v) is 22.5.